The van der Waals surface area contributed by atoms with Crippen LogP contribution < -0.4 is 5.73 Å². The number of amides is 1. The van der Waals surface area contributed by atoms with Crippen molar-refractivity contribution in [1.82, 2.24) is 14.5 Å². The maximum absolute atomic E-state index is 11.4. The Hall–Kier alpha value is -2.95. The molecule has 5 nitrogen and oxygen atoms in total. The molecule has 0 saturated carbocycles. The highest BCUT2D eigenvalue weighted by atomic mass is 16.2. The van der Waals surface area contributed by atoms with E-state index in [9.17, 15) is 4.79 Å². The third-order valence-electron chi connectivity index (χ3n) is 3.31. The minimum atomic E-state index is -0.553. The molecule has 3 rings (SSSR count). The van der Waals surface area contributed by atoms with E-state index in [1.807, 2.05) is 43.3 Å². The minimum absolute atomic E-state index is 0.527. The molecule has 0 aliphatic heterocycles. The molecule has 0 unspecified atom stereocenters. The normalized spacial score (nSPS) is 10.5. The lowest BCUT2D eigenvalue weighted by Gasteiger charge is -2.09. The van der Waals surface area contributed by atoms with Crippen LogP contribution in [0.15, 0.2) is 55.0 Å². The molecule has 0 saturated heterocycles. The predicted octanol–water partition coefficient (Wildman–Crippen LogP) is 2.85. The summed E-state index contributed by atoms with van der Waals surface area (Å²) in [6.45, 7) is 2.02. The van der Waals surface area contributed by atoms with Gasteiger partial charge in [-0.1, -0.05) is 18.2 Å². The number of imidazole rings is 1. The van der Waals surface area contributed by atoms with Gasteiger partial charge in [0.15, 0.2) is 0 Å². The number of carbonyl (C=O) groups is 1. The molecule has 5 heteroatoms. The summed E-state index contributed by atoms with van der Waals surface area (Å²) in [7, 11) is 0. The molecule has 0 bridgehead atoms. The minimum Gasteiger partial charge on any atom is -0.351 e. The van der Waals surface area contributed by atoms with E-state index >= 15 is 0 Å². The molecule has 2 aromatic heterocycles. The molecular weight excluding hydrogens is 264 g/mol. The SMILES string of the molecule is Cc1ccc(-c2nccn2C(N)=O)cc1-c1ccccn1. The molecule has 0 spiro atoms. The zero-order valence-corrected chi connectivity index (χ0v) is 11.5. The molecule has 0 radical (unpaired) electrons. The summed E-state index contributed by atoms with van der Waals surface area (Å²) in [5.41, 5.74) is 9.17. The van der Waals surface area contributed by atoms with Gasteiger partial charge in [-0.2, -0.15) is 0 Å². The maximum atomic E-state index is 11.4. The molecule has 21 heavy (non-hydrogen) atoms. The lowest BCUT2D eigenvalue weighted by Crippen LogP contribution is -2.19. The zero-order valence-electron chi connectivity index (χ0n) is 11.5. The van der Waals surface area contributed by atoms with Crippen LogP contribution in [0.25, 0.3) is 22.6 Å². The lowest BCUT2D eigenvalue weighted by atomic mass is 10.0. The van der Waals surface area contributed by atoms with Gasteiger partial charge in [0, 0.05) is 29.7 Å². The van der Waals surface area contributed by atoms with Gasteiger partial charge in [0.05, 0.1) is 5.69 Å². The smallest absolute Gasteiger partial charge is 0.324 e. The first kappa shape index (κ1) is 13.1. The summed E-state index contributed by atoms with van der Waals surface area (Å²) >= 11 is 0. The summed E-state index contributed by atoms with van der Waals surface area (Å²) in [4.78, 5) is 20.0. The highest BCUT2D eigenvalue weighted by molar-refractivity contribution is 5.81. The Bertz CT molecular complexity index is 793. The van der Waals surface area contributed by atoms with Crippen LogP contribution in [0.4, 0.5) is 4.79 Å². The van der Waals surface area contributed by atoms with Crippen molar-refractivity contribution in [2.45, 2.75) is 6.92 Å². The number of pyridine rings is 1. The molecule has 0 fully saturated rings. The molecule has 3 aromatic rings. The average Bonchev–Trinajstić information content (AvgIpc) is 2.98. The van der Waals surface area contributed by atoms with Crippen molar-refractivity contribution in [3.63, 3.8) is 0 Å². The molecule has 0 atom stereocenters. The second-order valence-corrected chi connectivity index (χ2v) is 4.70. The third-order valence-corrected chi connectivity index (χ3v) is 3.31. The Morgan fingerprint density at radius 1 is 1.14 bits per heavy atom. The Kier molecular flexibility index (Phi) is 3.23. The number of benzene rings is 1. The van der Waals surface area contributed by atoms with Crippen molar-refractivity contribution in [3.8, 4) is 22.6 Å². The van der Waals surface area contributed by atoms with Crippen molar-refractivity contribution in [1.29, 1.82) is 0 Å². The van der Waals surface area contributed by atoms with E-state index in [-0.39, 0.29) is 0 Å². The monoisotopic (exact) mass is 278 g/mol. The van der Waals surface area contributed by atoms with Crippen LogP contribution in [0.2, 0.25) is 0 Å². The lowest BCUT2D eigenvalue weighted by molar-refractivity contribution is 0.250. The third kappa shape index (κ3) is 2.41. The van der Waals surface area contributed by atoms with Gasteiger partial charge in [-0.25, -0.2) is 9.78 Å². The number of aromatic nitrogens is 3. The number of hydrogen-bond donors (Lipinski definition) is 1. The number of aryl methyl sites for hydroxylation is 1. The van der Waals surface area contributed by atoms with Gasteiger partial charge in [-0.05, 0) is 30.7 Å². The summed E-state index contributed by atoms with van der Waals surface area (Å²) in [5, 5.41) is 0. The van der Waals surface area contributed by atoms with E-state index in [0.29, 0.717) is 5.82 Å². The molecular formula is C16H14N4O. The Morgan fingerprint density at radius 2 is 2.00 bits per heavy atom. The second-order valence-electron chi connectivity index (χ2n) is 4.70. The van der Waals surface area contributed by atoms with Gasteiger partial charge in [0.1, 0.15) is 5.82 Å². The predicted molar refractivity (Wildman–Crippen MR) is 80.6 cm³/mol. The Balaban J connectivity index is 2.14. The fourth-order valence-electron chi connectivity index (χ4n) is 2.25. The zero-order chi connectivity index (χ0) is 14.8. The first-order chi connectivity index (χ1) is 10.2. The first-order valence-electron chi connectivity index (χ1n) is 6.52. The van der Waals surface area contributed by atoms with E-state index < -0.39 is 6.03 Å². The van der Waals surface area contributed by atoms with E-state index in [4.69, 9.17) is 5.73 Å². The van der Waals surface area contributed by atoms with Crippen molar-refractivity contribution in [2.24, 2.45) is 5.73 Å². The molecule has 2 heterocycles. The highest BCUT2D eigenvalue weighted by Crippen LogP contribution is 2.27. The van der Waals surface area contributed by atoms with Crippen LogP contribution >= 0.6 is 0 Å². The summed E-state index contributed by atoms with van der Waals surface area (Å²) in [6.07, 6.45) is 4.87. The van der Waals surface area contributed by atoms with Crippen molar-refractivity contribution < 1.29 is 4.79 Å². The molecule has 0 aliphatic carbocycles. The fourth-order valence-corrected chi connectivity index (χ4v) is 2.25. The summed E-state index contributed by atoms with van der Waals surface area (Å²) in [6, 6.07) is 11.1. The molecule has 0 aliphatic rings. The van der Waals surface area contributed by atoms with Crippen LogP contribution in [-0.2, 0) is 0 Å². The summed E-state index contributed by atoms with van der Waals surface area (Å²) < 4.78 is 1.33. The average molecular weight is 278 g/mol. The number of carbonyl (C=O) groups excluding carboxylic acids is 1. The number of nitrogens with two attached hydrogens (primary N) is 1. The van der Waals surface area contributed by atoms with Gasteiger partial charge in [-0.3, -0.25) is 9.55 Å². The van der Waals surface area contributed by atoms with E-state index in [1.165, 1.54) is 4.57 Å². The fraction of sp³-hybridized carbons (Fsp3) is 0.0625. The molecule has 1 aromatic carbocycles. The van der Waals surface area contributed by atoms with Crippen molar-refractivity contribution >= 4 is 6.03 Å². The summed E-state index contributed by atoms with van der Waals surface area (Å²) in [5.74, 6) is 0.527. The van der Waals surface area contributed by atoms with E-state index in [1.54, 1.807) is 18.6 Å². The maximum Gasteiger partial charge on any atom is 0.324 e. The van der Waals surface area contributed by atoms with Crippen LogP contribution in [0.1, 0.15) is 5.56 Å². The topological polar surface area (TPSA) is 73.8 Å². The molecule has 1 amide bonds. The number of rotatable bonds is 2. The Labute approximate surface area is 122 Å². The van der Waals surface area contributed by atoms with Gasteiger partial charge in [-0.15, -0.1) is 0 Å². The number of hydrogen-bond acceptors (Lipinski definition) is 3. The Morgan fingerprint density at radius 3 is 2.71 bits per heavy atom. The van der Waals surface area contributed by atoms with E-state index in [0.717, 1.165) is 22.4 Å². The van der Waals surface area contributed by atoms with Crippen LogP contribution in [0.3, 0.4) is 0 Å². The first-order valence-corrected chi connectivity index (χ1v) is 6.52. The standard InChI is InChI=1S/C16H14N4O/c1-11-5-6-12(15-19-8-9-20(15)16(17)21)10-13(11)14-4-2-3-7-18-14/h2-10H,1H3,(H2,17,21). The second kappa shape index (κ2) is 5.20. The number of primary amides is 1. The van der Waals surface area contributed by atoms with Crippen molar-refractivity contribution in [3.05, 3.63) is 60.6 Å². The van der Waals surface area contributed by atoms with Crippen LogP contribution in [0, 0.1) is 6.92 Å². The number of nitrogens with zero attached hydrogens (tertiary/aromatic N) is 3. The largest absolute Gasteiger partial charge is 0.351 e. The van der Waals surface area contributed by atoms with E-state index in [2.05, 4.69) is 9.97 Å². The van der Waals surface area contributed by atoms with Gasteiger partial charge < -0.3 is 5.73 Å². The van der Waals surface area contributed by atoms with Crippen molar-refractivity contribution in [2.75, 3.05) is 0 Å². The quantitative estimate of drug-likeness (QED) is 0.783. The van der Waals surface area contributed by atoms with Gasteiger partial charge in [0.25, 0.3) is 0 Å². The van der Waals surface area contributed by atoms with Gasteiger partial charge in [0.2, 0.25) is 0 Å². The highest BCUT2D eigenvalue weighted by Gasteiger charge is 2.12. The van der Waals surface area contributed by atoms with Crippen LogP contribution in [-0.4, -0.2) is 20.6 Å². The molecule has 104 valence electrons. The molecule has 2 N–H and O–H groups in total. The van der Waals surface area contributed by atoms with Gasteiger partial charge >= 0.3 is 6.03 Å². The van der Waals surface area contributed by atoms with Crippen LogP contribution in [0.5, 0.6) is 0 Å².